The first-order valence-corrected chi connectivity index (χ1v) is 9.07. The van der Waals surface area contributed by atoms with Crippen molar-refractivity contribution in [3.8, 4) is 16.6 Å². The van der Waals surface area contributed by atoms with Gasteiger partial charge in [0.15, 0.2) is 11.8 Å². The number of hydrogen-bond acceptors (Lipinski definition) is 6. The summed E-state index contributed by atoms with van der Waals surface area (Å²) < 4.78 is 18.2. The molecule has 1 heterocycles. The van der Waals surface area contributed by atoms with Gasteiger partial charge in [-0.2, -0.15) is 5.26 Å². The van der Waals surface area contributed by atoms with Crippen LogP contribution in [0.5, 0.6) is 0 Å². The Balaban J connectivity index is 1.63. The summed E-state index contributed by atoms with van der Waals surface area (Å²) in [6, 6.07) is 14.1. The molecule has 1 aromatic heterocycles. The molecule has 0 saturated carbocycles. The number of esters is 1. The average Bonchev–Trinajstić information content (AvgIpc) is 3.19. The molecule has 0 spiro atoms. The van der Waals surface area contributed by atoms with E-state index in [9.17, 15) is 14.0 Å². The Labute approximate surface area is 164 Å². The maximum atomic E-state index is 13.0. The second kappa shape index (κ2) is 8.41. The van der Waals surface area contributed by atoms with Crippen molar-refractivity contribution < 1.29 is 18.7 Å². The third kappa shape index (κ3) is 4.58. The molecule has 0 unspecified atom stereocenters. The molecule has 1 N–H and O–H groups in total. The number of nitriles is 1. The lowest BCUT2D eigenvalue weighted by Crippen LogP contribution is -2.30. The quantitative estimate of drug-likeness (QED) is 0.659. The van der Waals surface area contributed by atoms with E-state index in [0.29, 0.717) is 21.8 Å². The van der Waals surface area contributed by atoms with Crippen LogP contribution in [0.2, 0.25) is 0 Å². The zero-order valence-corrected chi connectivity index (χ0v) is 15.5. The van der Waals surface area contributed by atoms with Crippen molar-refractivity contribution in [2.75, 3.05) is 5.32 Å². The molecule has 0 bridgehead atoms. The lowest BCUT2D eigenvalue weighted by atomic mass is 10.2. The van der Waals surface area contributed by atoms with Gasteiger partial charge in [-0.25, -0.2) is 14.2 Å². The van der Waals surface area contributed by atoms with Crippen LogP contribution < -0.4 is 5.32 Å². The van der Waals surface area contributed by atoms with E-state index in [2.05, 4.69) is 10.3 Å². The first-order valence-electron chi connectivity index (χ1n) is 8.20. The summed E-state index contributed by atoms with van der Waals surface area (Å²) >= 11 is 1.21. The predicted octanol–water partition coefficient (Wildman–Crippen LogP) is 4.00. The molecule has 0 radical (unpaired) electrons. The number of thiazole rings is 1. The number of carbonyl (C=O) groups is 2. The lowest BCUT2D eigenvalue weighted by Gasteiger charge is -2.12. The number of nitrogens with one attached hydrogen (secondary N) is 1. The predicted molar refractivity (Wildman–Crippen MR) is 102 cm³/mol. The molecule has 1 amide bonds. The largest absolute Gasteiger partial charge is 0.448 e. The lowest BCUT2D eigenvalue weighted by molar-refractivity contribution is -0.123. The summed E-state index contributed by atoms with van der Waals surface area (Å²) in [4.78, 5) is 28.6. The number of carbonyl (C=O) groups excluding carboxylic acids is 2. The molecular formula is C20H14FN3O3S. The van der Waals surface area contributed by atoms with E-state index in [-0.39, 0.29) is 11.5 Å². The second-order valence-corrected chi connectivity index (χ2v) is 6.63. The SMILES string of the molecule is C[C@H](OC(=O)c1csc(-c2ccc(F)cc2)n1)C(=O)Nc1cccc(C#N)c1. The summed E-state index contributed by atoms with van der Waals surface area (Å²) in [6.07, 6.45) is -1.06. The Hall–Kier alpha value is -3.57. The molecule has 3 aromatic rings. The summed E-state index contributed by atoms with van der Waals surface area (Å²) in [6.45, 7) is 1.44. The molecule has 28 heavy (non-hydrogen) atoms. The monoisotopic (exact) mass is 395 g/mol. The minimum absolute atomic E-state index is 0.0652. The van der Waals surface area contributed by atoms with Gasteiger partial charge in [0.25, 0.3) is 5.91 Å². The van der Waals surface area contributed by atoms with Crippen molar-refractivity contribution in [1.82, 2.24) is 4.98 Å². The number of ether oxygens (including phenoxy) is 1. The van der Waals surface area contributed by atoms with Crippen LogP contribution >= 0.6 is 11.3 Å². The molecule has 1 atom stereocenters. The van der Waals surface area contributed by atoms with Crippen LogP contribution in [0.25, 0.3) is 10.6 Å². The Bertz CT molecular complexity index is 1060. The number of amides is 1. The molecular weight excluding hydrogens is 381 g/mol. The highest BCUT2D eigenvalue weighted by Gasteiger charge is 2.21. The molecule has 0 aliphatic rings. The minimum Gasteiger partial charge on any atom is -0.448 e. The molecule has 8 heteroatoms. The fourth-order valence-electron chi connectivity index (χ4n) is 2.28. The fraction of sp³-hybridized carbons (Fsp3) is 0.100. The van der Waals surface area contributed by atoms with E-state index in [4.69, 9.17) is 10.00 Å². The molecule has 140 valence electrons. The van der Waals surface area contributed by atoms with E-state index in [1.165, 1.54) is 41.8 Å². The highest BCUT2D eigenvalue weighted by Crippen LogP contribution is 2.24. The van der Waals surface area contributed by atoms with Gasteiger partial charge in [0.05, 0.1) is 11.6 Å². The zero-order valence-electron chi connectivity index (χ0n) is 14.7. The van der Waals surface area contributed by atoms with Gasteiger partial charge in [0.2, 0.25) is 0 Å². The van der Waals surface area contributed by atoms with Gasteiger partial charge in [0.1, 0.15) is 10.8 Å². The normalized spacial score (nSPS) is 11.3. The molecule has 0 aliphatic heterocycles. The maximum Gasteiger partial charge on any atom is 0.358 e. The highest BCUT2D eigenvalue weighted by atomic mass is 32.1. The van der Waals surface area contributed by atoms with Gasteiger partial charge >= 0.3 is 5.97 Å². The first kappa shape index (κ1) is 19.2. The number of nitrogens with zero attached hydrogens (tertiary/aromatic N) is 2. The second-order valence-electron chi connectivity index (χ2n) is 5.77. The Morgan fingerprint density at radius 1 is 1.25 bits per heavy atom. The Morgan fingerprint density at radius 2 is 2.00 bits per heavy atom. The fourth-order valence-corrected chi connectivity index (χ4v) is 3.07. The van der Waals surface area contributed by atoms with E-state index in [1.807, 2.05) is 6.07 Å². The van der Waals surface area contributed by atoms with Crippen molar-refractivity contribution in [3.05, 3.63) is 71.0 Å². The highest BCUT2D eigenvalue weighted by molar-refractivity contribution is 7.13. The third-order valence-corrected chi connectivity index (χ3v) is 4.61. The number of halogens is 1. The van der Waals surface area contributed by atoms with Crippen molar-refractivity contribution in [3.63, 3.8) is 0 Å². The summed E-state index contributed by atoms with van der Waals surface area (Å²) in [5.41, 5.74) is 1.57. The average molecular weight is 395 g/mol. The van der Waals surface area contributed by atoms with E-state index >= 15 is 0 Å². The Kier molecular flexibility index (Phi) is 5.77. The molecule has 0 fully saturated rings. The van der Waals surface area contributed by atoms with E-state index < -0.39 is 18.0 Å². The summed E-state index contributed by atoms with van der Waals surface area (Å²) in [7, 11) is 0. The topological polar surface area (TPSA) is 92.1 Å². The number of aromatic nitrogens is 1. The van der Waals surface area contributed by atoms with Gasteiger partial charge in [-0.1, -0.05) is 6.07 Å². The van der Waals surface area contributed by atoms with Crippen molar-refractivity contribution >= 4 is 28.9 Å². The van der Waals surface area contributed by atoms with Crippen molar-refractivity contribution in [2.45, 2.75) is 13.0 Å². The molecule has 2 aromatic carbocycles. The minimum atomic E-state index is -1.06. The maximum absolute atomic E-state index is 13.0. The van der Waals surface area contributed by atoms with E-state index in [1.54, 1.807) is 30.3 Å². The third-order valence-electron chi connectivity index (χ3n) is 3.72. The van der Waals surface area contributed by atoms with Crippen molar-refractivity contribution in [2.24, 2.45) is 0 Å². The Morgan fingerprint density at radius 3 is 2.71 bits per heavy atom. The van der Waals surface area contributed by atoms with E-state index in [0.717, 1.165) is 0 Å². The van der Waals surface area contributed by atoms with Gasteiger partial charge in [-0.3, -0.25) is 4.79 Å². The smallest absolute Gasteiger partial charge is 0.358 e. The first-order chi connectivity index (χ1) is 13.5. The van der Waals surface area contributed by atoms with Gasteiger partial charge in [0, 0.05) is 16.6 Å². The number of hydrogen-bond donors (Lipinski definition) is 1. The molecule has 3 rings (SSSR count). The van der Waals surface area contributed by atoms with Crippen LogP contribution in [-0.4, -0.2) is 23.0 Å². The van der Waals surface area contributed by atoms with Crippen LogP contribution in [0.4, 0.5) is 10.1 Å². The van der Waals surface area contributed by atoms with Gasteiger partial charge < -0.3 is 10.1 Å². The number of rotatable bonds is 5. The number of benzene rings is 2. The van der Waals surface area contributed by atoms with Crippen LogP contribution in [-0.2, 0) is 9.53 Å². The van der Waals surface area contributed by atoms with Crippen LogP contribution in [0.15, 0.2) is 53.9 Å². The number of anilines is 1. The van der Waals surface area contributed by atoms with Crippen molar-refractivity contribution in [1.29, 1.82) is 5.26 Å². The van der Waals surface area contributed by atoms with Crippen LogP contribution in [0, 0.1) is 17.1 Å². The van der Waals surface area contributed by atoms with Gasteiger partial charge in [-0.05, 0) is 49.4 Å². The standard InChI is InChI=1S/C20H14FN3O3S/c1-12(18(25)23-16-4-2-3-13(9-16)10-22)27-20(26)17-11-28-19(24-17)14-5-7-15(21)8-6-14/h2-9,11-12H,1H3,(H,23,25)/t12-/m0/s1. The molecule has 6 nitrogen and oxygen atoms in total. The molecule has 0 aliphatic carbocycles. The van der Waals surface area contributed by atoms with Crippen LogP contribution in [0.3, 0.4) is 0 Å². The zero-order chi connectivity index (χ0) is 20.1. The summed E-state index contributed by atoms with van der Waals surface area (Å²) in [5, 5.41) is 13.5. The van der Waals surface area contributed by atoms with Gasteiger partial charge in [-0.15, -0.1) is 11.3 Å². The van der Waals surface area contributed by atoms with Crippen LogP contribution in [0.1, 0.15) is 23.0 Å². The molecule has 0 saturated heterocycles. The summed E-state index contributed by atoms with van der Waals surface area (Å²) in [5.74, 6) is -1.63.